The fraction of sp³-hybridized carbons (Fsp3) is 0.435. The molecule has 2 unspecified atom stereocenters. The summed E-state index contributed by atoms with van der Waals surface area (Å²) in [7, 11) is -4.48. The van der Waals surface area contributed by atoms with Crippen molar-refractivity contribution in [1.82, 2.24) is 9.62 Å². The van der Waals surface area contributed by atoms with Crippen molar-refractivity contribution in [3.63, 3.8) is 0 Å². The largest absolute Gasteiger partial charge is 0.460 e. The van der Waals surface area contributed by atoms with Crippen molar-refractivity contribution in [3.05, 3.63) is 70.8 Å². The van der Waals surface area contributed by atoms with Gasteiger partial charge in [-0.3, -0.25) is 4.79 Å². The number of carbonyl (C=O) groups is 1. The molecule has 0 aliphatic carbocycles. The molecule has 1 aliphatic heterocycles. The number of aryl methyl sites for hydroxylation is 1. The van der Waals surface area contributed by atoms with Crippen LogP contribution in [0.25, 0.3) is 0 Å². The molecule has 0 saturated carbocycles. The third-order valence-corrected chi connectivity index (χ3v) is 7.05. The molecule has 4 nitrogen and oxygen atoms in total. The molecule has 1 saturated heterocycles. The fourth-order valence-corrected chi connectivity index (χ4v) is 4.75. The zero-order chi connectivity index (χ0) is 27.8. The average molecular weight is 560 g/mol. The summed E-state index contributed by atoms with van der Waals surface area (Å²) in [6.45, 7) is 2.43. The Morgan fingerprint density at radius 2 is 1.41 bits per heavy atom. The molecule has 0 aromatic heterocycles. The molecular weight excluding hydrogens is 539 g/mol. The van der Waals surface area contributed by atoms with Gasteiger partial charge in [-0.1, -0.05) is 48.0 Å². The number of rotatable bonds is 8. The number of carbonyl (C=O) groups excluding carboxylic acids is 1. The second-order valence-corrected chi connectivity index (χ2v) is 9.77. The van der Waals surface area contributed by atoms with Crippen LogP contribution in [0.15, 0.2) is 48.5 Å². The van der Waals surface area contributed by atoms with Gasteiger partial charge < -0.3 is 4.90 Å². The first-order chi connectivity index (χ1) is 17.0. The molecule has 1 amide bonds. The van der Waals surface area contributed by atoms with E-state index in [1.165, 1.54) is 53.4 Å². The molecule has 1 fully saturated rings. The van der Waals surface area contributed by atoms with Gasteiger partial charge in [-0.05, 0) is 37.0 Å². The average Bonchev–Trinajstić information content (AvgIpc) is 3.36. The normalized spacial score (nSPS) is 17.1. The number of likely N-dealkylation sites (tertiary alicyclic amines) is 1. The molecule has 37 heavy (non-hydrogen) atoms. The lowest BCUT2D eigenvalue weighted by Gasteiger charge is -2.34. The molecule has 0 spiro atoms. The van der Waals surface area contributed by atoms with Crippen molar-refractivity contribution >= 4 is 16.9 Å². The predicted molar refractivity (Wildman–Crippen MR) is 117 cm³/mol. The van der Waals surface area contributed by atoms with E-state index in [4.69, 9.17) is 0 Å². The predicted octanol–water partition coefficient (Wildman–Crippen LogP) is 6.00. The topological polar surface area (TPSA) is 49.4 Å². The van der Waals surface area contributed by atoms with Crippen LogP contribution in [0.4, 0.5) is 39.5 Å². The maximum atomic E-state index is 14.4. The van der Waals surface area contributed by atoms with Gasteiger partial charge in [0.25, 0.3) is 5.91 Å². The first-order valence-electron chi connectivity index (χ1n) is 10.9. The van der Waals surface area contributed by atoms with Gasteiger partial charge in [0.2, 0.25) is 0 Å². The third-order valence-electron chi connectivity index (χ3n) is 5.88. The molecular formula is C23H21F9N2O2S. The lowest BCUT2D eigenvalue weighted by atomic mass is 9.94. The van der Waals surface area contributed by atoms with E-state index >= 15 is 0 Å². The van der Waals surface area contributed by atoms with Gasteiger partial charge in [0, 0.05) is 18.7 Å². The minimum absolute atomic E-state index is 0.0160. The van der Waals surface area contributed by atoms with Gasteiger partial charge >= 0.3 is 23.3 Å². The number of alkyl halides is 9. The minimum atomic E-state index is -7.19. The minimum Gasteiger partial charge on any atom is -0.339 e. The highest BCUT2D eigenvalue weighted by molar-refractivity contribution is 7.84. The molecule has 2 aromatic carbocycles. The van der Waals surface area contributed by atoms with Gasteiger partial charge in [-0.2, -0.15) is 39.5 Å². The number of amides is 1. The van der Waals surface area contributed by atoms with Gasteiger partial charge in [-0.25, -0.2) is 8.93 Å². The van der Waals surface area contributed by atoms with Crippen LogP contribution in [-0.2, 0) is 11.0 Å². The van der Waals surface area contributed by atoms with Gasteiger partial charge in [0.15, 0.2) is 11.0 Å². The summed E-state index contributed by atoms with van der Waals surface area (Å²) in [5, 5.41) is -6.37. The van der Waals surface area contributed by atoms with E-state index in [9.17, 15) is 48.5 Å². The standard InChI is InChI=1S/C23H21F9N2O2S/c1-14-8-10-15(11-9-14)18(16-6-2-3-7-17(16)19(35)34-12-4-5-13-34)33-37(36)23(31,32)21(26,27)20(24,25)22(28,29)30/h2-3,6-11,18,33H,4-5,12-13H2,1H3. The third kappa shape index (κ3) is 5.35. The second-order valence-electron chi connectivity index (χ2n) is 8.48. The molecule has 204 valence electrons. The summed E-state index contributed by atoms with van der Waals surface area (Å²) in [6, 6.07) is 9.24. The van der Waals surface area contributed by atoms with E-state index in [1.54, 1.807) is 11.6 Å². The van der Waals surface area contributed by atoms with E-state index in [0.29, 0.717) is 31.5 Å². The quantitative estimate of drug-likeness (QED) is 0.403. The molecule has 1 aliphatic rings. The van der Waals surface area contributed by atoms with Gasteiger partial charge in [0.05, 0.1) is 6.04 Å². The summed E-state index contributed by atoms with van der Waals surface area (Å²) in [6.07, 6.45) is -5.65. The first kappa shape index (κ1) is 29.0. The number of halogens is 9. The summed E-state index contributed by atoms with van der Waals surface area (Å²) in [5.41, 5.74) is 0.502. The molecule has 1 N–H and O–H groups in total. The lowest BCUT2D eigenvalue weighted by molar-refractivity contribution is -0.381. The molecule has 1 heterocycles. The zero-order valence-corrected chi connectivity index (χ0v) is 19.9. The van der Waals surface area contributed by atoms with E-state index in [1.807, 2.05) is 0 Å². The Labute approximate surface area is 208 Å². The Morgan fingerprint density at radius 1 is 0.865 bits per heavy atom. The first-order valence-corrected chi connectivity index (χ1v) is 12.0. The van der Waals surface area contributed by atoms with Gasteiger partial charge in [0.1, 0.15) is 0 Å². The van der Waals surface area contributed by atoms with Gasteiger partial charge in [-0.15, -0.1) is 0 Å². The van der Waals surface area contributed by atoms with Crippen molar-refractivity contribution in [2.75, 3.05) is 13.1 Å². The lowest BCUT2D eigenvalue weighted by Crippen LogP contribution is -2.63. The Bertz CT molecular complexity index is 1150. The number of benzene rings is 2. The van der Waals surface area contributed by atoms with Crippen LogP contribution in [0.5, 0.6) is 0 Å². The van der Waals surface area contributed by atoms with Crippen LogP contribution >= 0.6 is 0 Å². The van der Waals surface area contributed by atoms with Crippen molar-refractivity contribution in [2.24, 2.45) is 0 Å². The van der Waals surface area contributed by atoms with Crippen LogP contribution in [0.2, 0.25) is 0 Å². The Morgan fingerprint density at radius 3 is 1.95 bits per heavy atom. The maximum Gasteiger partial charge on any atom is 0.460 e. The smallest absolute Gasteiger partial charge is 0.339 e. The Kier molecular flexibility index (Phi) is 8.04. The fourth-order valence-electron chi connectivity index (χ4n) is 3.76. The zero-order valence-electron chi connectivity index (χ0n) is 19.1. The van der Waals surface area contributed by atoms with Crippen LogP contribution in [-0.4, -0.2) is 51.4 Å². The van der Waals surface area contributed by atoms with E-state index in [-0.39, 0.29) is 16.7 Å². The molecule has 2 aromatic rings. The highest BCUT2D eigenvalue weighted by Crippen LogP contribution is 2.54. The number of hydrogen-bond donors (Lipinski definition) is 1. The van der Waals surface area contributed by atoms with E-state index < -0.39 is 46.2 Å². The summed E-state index contributed by atoms with van der Waals surface area (Å²) in [4.78, 5) is 14.5. The molecule has 0 radical (unpaired) electrons. The highest BCUT2D eigenvalue weighted by atomic mass is 32.2. The van der Waals surface area contributed by atoms with Crippen LogP contribution in [0.3, 0.4) is 0 Å². The molecule has 14 heteroatoms. The summed E-state index contributed by atoms with van der Waals surface area (Å²) < 4.78 is 135. The number of hydrogen-bond acceptors (Lipinski definition) is 2. The van der Waals surface area contributed by atoms with Crippen molar-refractivity contribution in [1.29, 1.82) is 0 Å². The molecule has 2 atom stereocenters. The summed E-state index contributed by atoms with van der Waals surface area (Å²) >= 11 is 0. The Balaban J connectivity index is 2.07. The SMILES string of the molecule is Cc1ccc(C(NS(=O)C(F)(F)C(F)(F)C(F)(F)C(F)(F)F)c2ccccc2C(=O)N2CCCC2)cc1. The maximum absolute atomic E-state index is 14.4. The Hall–Kier alpha value is -2.61. The van der Waals surface area contributed by atoms with Crippen LogP contribution < -0.4 is 4.72 Å². The van der Waals surface area contributed by atoms with Crippen LogP contribution in [0.1, 0.15) is 45.9 Å². The van der Waals surface area contributed by atoms with Crippen molar-refractivity contribution in [3.8, 4) is 0 Å². The number of nitrogens with one attached hydrogen (secondary N) is 1. The van der Waals surface area contributed by atoms with Crippen molar-refractivity contribution < 1.29 is 48.5 Å². The monoisotopic (exact) mass is 560 g/mol. The molecule has 0 bridgehead atoms. The van der Waals surface area contributed by atoms with E-state index in [2.05, 4.69) is 0 Å². The van der Waals surface area contributed by atoms with Crippen molar-refractivity contribution in [2.45, 2.75) is 49.1 Å². The summed E-state index contributed by atoms with van der Waals surface area (Å²) in [5.74, 6) is -14.8. The number of nitrogens with zero attached hydrogens (tertiary/aromatic N) is 1. The van der Waals surface area contributed by atoms with Crippen LogP contribution in [0, 0.1) is 6.92 Å². The highest BCUT2D eigenvalue weighted by Gasteiger charge is 2.83. The second kappa shape index (κ2) is 10.3. The van der Waals surface area contributed by atoms with E-state index in [0.717, 1.165) is 0 Å². The molecule has 3 rings (SSSR count).